The van der Waals surface area contributed by atoms with Crippen molar-refractivity contribution in [2.24, 2.45) is 11.3 Å². The standard InChI is InChI=1S/C43H67FN6O7S/c1-9-11-12-14-21-50(41(54)33(16-10-2)47-39(53)35-17-13-15-20-49(35)8)36(27(3)4)24-37(57-28(5)51)40-48-34(26-58-40)38(52)46-30(25-43(6,7)42(55)56)22-29-18-19-32(45)31(44)23-29/h18-19,23,26-27,30,33,35-37H,9-17,20-22,24-25,45H2,1-8H3,(H,46,52)(H,47,53)(H,55,56)/t30-,33-,35+,36+,37+/m0/s1. The second kappa shape index (κ2) is 22.9. The number of carboxylic acid groups (broad SMARTS) is 1. The number of amides is 3. The largest absolute Gasteiger partial charge is 0.481 e. The van der Waals surface area contributed by atoms with Gasteiger partial charge in [0, 0.05) is 37.4 Å². The Bertz CT molecular complexity index is 1690. The van der Waals surface area contributed by atoms with Crippen LogP contribution in [0.3, 0.4) is 0 Å². The van der Waals surface area contributed by atoms with Crippen molar-refractivity contribution in [2.45, 2.75) is 156 Å². The first kappa shape index (κ1) is 48.3. The van der Waals surface area contributed by atoms with E-state index in [9.17, 15) is 33.5 Å². The molecule has 1 aliphatic heterocycles. The number of aromatic nitrogens is 1. The number of carboxylic acids is 1. The summed E-state index contributed by atoms with van der Waals surface area (Å²) in [4.78, 5) is 75.1. The molecule has 0 unspecified atom stereocenters. The van der Waals surface area contributed by atoms with Gasteiger partial charge in [-0.3, -0.25) is 28.9 Å². The molecule has 2 aromatic rings. The fourth-order valence-corrected chi connectivity index (χ4v) is 8.45. The lowest BCUT2D eigenvalue weighted by Crippen LogP contribution is -2.57. The smallest absolute Gasteiger partial charge is 0.309 e. The molecule has 0 radical (unpaired) electrons. The van der Waals surface area contributed by atoms with E-state index in [0.29, 0.717) is 30.0 Å². The molecule has 13 nitrogen and oxygen atoms in total. The first-order chi connectivity index (χ1) is 27.4. The van der Waals surface area contributed by atoms with Crippen LogP contribution in [0.15, 0.2) is 23.6 Å². The van der Waals surface area contributed by atoms with E-state index >= 15 is 0 Å². The molecule has 5 N–H and O–H groups in total. The first-order valence-electron chi connectivity index (χ1n) is 20.9. The summed E-state index contributed by atoms with van der Waals surface area (Å²) < 4.78 is 20.2. The van der Waals surface area contributed by atoms with E-state index in [2.05, 4.69) is 27.4 Å². The van der Waals surface area contributed by atoms with Crippen LogP contribution in [0.5, 0.6) is 0 Å². The van der Waals surface area contributed by atoms with Gasteiger partial charge in [0.15, 0.2) is 6.10 Å². The molecule has 324 valence electrons. The number of likely N-dealkylation sites (tertiary alicyclic amines) is 1. The zero-order valence-corrected chi connectivity index (χ0v) is 36.6. The number of esters is 1. The van der Waals surface area contributed by atoms with Gasteiger partial charge in [-0.25, -0.2) is 9.37 Å². The van der Waals surface area contributed by atoms with Gasteiger partial charge in [-0.15, -0.1) is 11.3 Å². The van der Waals surface area contributed by atoms with Gasteiger partial charge in [0.05, 0.1) is 17.1 Å². The number of hydrogen-bond acceptors (Lipinski definition) is 10. The topological polar surface area (TPSA) is 184 Å². The van der Waals surface area contributed by atoms with Crippen LogP contribution in [0.1, 0.15) is 146 Å². The van der Waals surface area contributed by atoms with Gasteiger partial charge in [0.25, 0.3) is 5.91 Å². The van der Waals surface area contributed by atoms with E-state index in [-0.39, 0.29) is 54.4 Å². The third-order valence-electron chi connectivity index (χ3n) is 11.0. The van der Waals surface area contributed by atoms with E-state index in [1.54, 1.807) is 25.3 Å². The number of rotatable bonds is 23. The maximum atomic E-state index is 14.6. The zero-order valence-electron chi connectivity index (χ0n) is 35.8. The predicted octanol–water partition coefficient (Wildman–Crippen LogP) is 6.90. The molecule has 1 aliphatic rings. The molecule has 3 amide bonds. The maximum absolute atomic E-state index is 14.6. The lowest BCUT2D eigenvalue weighted by atomic mass is 9.84. The Morgan fingerprint density at radius 2 is 1.83 bits per heavy atom. The molecular formula is C43H67FN6O7S. The molecule has 2 heterocycles. The molecule has 0 bridgehead atoms. The number of carbonyl (C=O) groups excluding carboxylic acids is 4. The van der Waals surface area contributed by atoms with Crippen molar-refractivity contribution in [3.05, 3.63) is 45.7 Å². The number of anilines is 1. The van der Waals surface area contributed by atoms with Crippen molar-refractivity contribution in [2.75, 3.05) is 25.9 Å². The minimum atomic E-state index is -1.21. The Balaban J connectivity index is 1.92. The van der Waals surface area contributed by atoms with Crippen LogP contribution in [-0.4, -0.2) is 93.9 Å². The van der Waals surface area contributed by atoms with E-state index < -0.39 is 53.3 Å². The molecule has 15 heteroatoms. The number of nitrogen functional groups attached to an aromatic ring is 1. The molecular weight excluding hydrogens is 764 g/mol. The van der Waals surface area contributed by atoms with E-state index in [1.165, 1.54) is 19.1 Å². The molecule has 0 saturated carbocycles. The van der Waals surface area contributed by atoms with E-state index in [0.717, 1.165) is 62.8 Å². The minimum absolute atomic E-state index is 0.0218. The number of aliphatic carboxylic acids is 1. The zero-order chi connectivity index (χ0) is 43.2. The second-order valence-electron chi connectivity index (χ2n) is 16.8. The number of piperidine rings is 1. The van der Waals surface area contributed by atoms with E-state index in [1.807, 2.05) is 32.7 Å². The molecule has 5 atom stereocenters. The molecule has 0 aliphatic carbocycles. The summed E-state index contributed by atoms with van der Waals surface area (Å²) in [5.41, 5.74) is 5.00. The minimum Gasteiger partial charge on any atom is -0.481 e. The van der Waals surface area contributed by atoms with Crippen LogP contribution >= 0.6 is 11.3 Å². The number of halogens is 1. The average molecular weight is 831 g/mol. The van der Waals surface area contributed by atoms with Gasteiger partial charge >= 0.3 is 11.9 Å². The highest BCUT2D eigenvalue weighted by molar-refractivity contribution is 7.09. The number of likely N-dealkylation sites (N-methyl/N-ethyl adjacent to an activating group) is 1. The van der Waals surface area contributed by atoms with Crippen LogP contribution in [0.2, 0.25) is 0 Å². The van der Waals surface area contributed by atoms with Gasteiger partial charge in [0.2, 0.25) is 11.8 Å². The number of carbonyl (C=O) groups is 5. The monoisotopic (exact) mass is 830 g/mol. The number of nitrogens with zero attached hydrogens (tertiary/aromatic N) is 3. The average Bonchev–Trinajstić information content (AvgIpc) is 3.65. The van der Waals surface area contributed by atoms with Gasteiger partial charge in [-0.05, 0) is 89.6 Å². The van der Waals surface area contributed by atoms with Gasteiger partial charge < -0.3 is 31.1 Å². The molecule has 1 aromatic carbocycles. The van der Waals surface area contributed by atoms with Crippen molar-refractivity contribution in [1.82, 2.24) is 25.4 Å². The Kier molecular flexibility index (Phi) is 19.0. The fraction of sp³-hybridized carbons (Fsp3) is 0.674. The van der Waals surface area contributed by atoms with Gasteiger partial charge in [0.1, 0.15) is 22.6 Å². The predicted molar refractivity (Wildman–Crippen MR) is 225 cm³/mol. The normalized spacial score (nSPS) is 16.9. The summed E-state index contributed by atoms with van der Waals surface area (Å²) in [6, 6.07) is 2.21. The fourth-order valence-electron chi connectivity index (χ4n) is 7.61. The second-order valence-corrected chi connectivity index (χ2v) is 17.7. The molecule has 0 spiro atoms. The summed E-state index contributed by atoms with van der Waals surface area (Å²) in [5.74, 6) is -3.15. The maximum Gasteiger partial charge on any atom is 0.309 e. The van der Waals surface area contributed by atoms with Crippen molar-refractivity contribution < 1.29 is 38.2 Å². The van der Waals surface area contributed by atoms with E-state index in [4.69, 9.17) is 10.5 Å². The van der Waals surface area contributed by atoms with Crippen LogP contribution in [0, 0.1) is 17.2 Å². The molecule has 1 fully saturated rings. The molecule has 3 rings (SSSR count). The van der Waals surface area contributed by atoms with Gasteiger partial charge in [-0.2, -0.15) is 0 Å². The molecule has 1 aromatic heterocycles. The van der Waals surface area contributed by atoms with Crippen molar-refractivity contribution >= 4 is 46.7 Å². The number of nitrogens with one attached hydrogen (secondary N) is 2. The summed E-state index contributed by atoms with van der Waals surface area (Å²) in [6.45, 7) is 13.8. The number of benzene rings is 1. The Morgan fingerprint density at radius 3 is 2.43 bits per heavy atom. The Hall–Kier alpha value is -4.11. The summed E-state index contributed by atoms with van der Waals surface area (Å²) >= 11 is 1.15. The third-order valence-corrected chi connectivity index (χ3v) is 11.9. The lowest BCUT2D eigenvalue weighted by molar-refractivity contribution is -0.150. The molecule has 58 heavy (non-hydrogen) atoms. The molecule has 1 saturated heterocycles. The quantitative estimate of drug-likeness (QED) is 0.0522. The number of thiazole rings is 1. The third kappa shape index (κ3) is 14.3. The van der Waals surface area contributed by atoms with Crippen molar-refractivity contribution in [1.29, 1.82) is 0 Å². The first-order valence-corrected chi connectivity index (χ1v) is 21.8. The Labute approximate surface area is 348 Å². The van der Waals surface area contributed by atoms with Crippen LogP contribution in [0.4, 0.5) is 10.1 Å². The highest BCUT2D eigenvalue weighted by Gasteiger charge is 2.37. The Morgan fingerprint density at radius 1 is 1.10 bits per heavy atom. The van der Waals surface area contributed by atoms with Crippen LogP contribution < -0.4 is 16.4 Å². The van der Waals surface area contributed by atoms with Gasteiger partial charge in [-0.1, -0.05) is 65.9 Å². The summed E-state index contributed by atoms with van der Waals surface area (Å²) in [7, 11) is 1.94. The number of nitrogens with two attached hydrogens (primary N) is 1. The van der Waals surface area contributed by atoms with Crippen LogP contribution in [-0.2, 0) is 30.3 Å². The number of ether oxygens (including phenoxy) is 1. The summed E-state index contributed by atoms with van der Waals surface area (Å²) in [6.07, 6.45) is 7.15. The highest BCUT2D eigenvalue weighted by atomic mass is 32.1. The SMILES string of the molecule is CCCCCCN(C(=O)[C@H](CCC)NC(=O)[C@H]1CCCCN1C)[C@H](C[C@@H](OC(C)=O)c1nc(C(=O)N[C@@H](Cc2ccc(N)c(F)c2)CC(C)(C)C(=O)O)cs1)C(C)C. The highest BCUT2D eigenvalue weighted by Crippen LogP contribution is 2.32. The number of hydrogen-bond donors (Lipinski definition) is 4. The lowest BCUT2D eigenvalue weighted by Gasteiger charge is -2.39. The number of unbranched alkanes of at least 4 members (excludes halogenated alkanes) is 3. The van der Waals surface area contributed by atoms with Crippen molar-refractivity contribution in [3.63, 3.8) is 0 Å². The van der Waals surface area contributed by atoms with Crippen LogP contribution in [0.25, 0.3) is 0 Å². The summed E-state index contributed by atoms with van der Waals surface area (Å²) in [5, 5.41) is 17.8. The van der Waals surface area contributed by atoms with Crippen molar-refractivity contribution in [3.8, 4) is 0 Å².